The lowest BCUT2D eigenvalue weighted by Crippen LogP contribution is -2.64. The molecule has 3 aromatic carbocycles. The van der Waals surface area contributed by atoms with E-state index in [0.29, 0.717) is 56.9 Å². The number of phenolic OH excluding ortho intramolecular Hbond substituents is 1. The summed E-state index contributed by atoms with van der Waals surface area (Å²) in [4.78, 5) is 115. The molecule has 3 aliphatic heterocycles. The van der Waals surface area contributed by atoms with E-state index in [4.69, 9.17) is 15.0 Å². The minimum Gasteiger partial charge on any atom is -0.504 e. The van der Waals surface area contributed by atoms with Crippen LogP contribution < -0.4 is 41.2 Å². The second-order valence-corrected chi connectivity index (χ2v) is 22.9. The normalized spacial score (nSPS) is 26.4. The molecule has 0 spiro atoms. The molecular weight excluding hydrogens is 1200 g/mol. The van der Waals surface area contributed by atoms with Gasteiger partial charge in [-0.05, 0) is 67.4 Å². The summed E-state index contributed by atoms with van der Waals surface area (Å²) in [5.74, 6) is -12.9. The van der Waals surface area contributed by atoms with Gasteiger partial charge in [0.1, 0.15) is 66.0 Å². The number of hydrogen-bond acceptors (Lipinski definition) is 23. The van der Waals surface area contributed by atoms with Crippen molar-refractivity contribution in [2.75, 3.05) is 19.7 Å². The molecule has 15 atom stereocenters. The van der Waals surface area contributed by atoms with E-state index >= 15 is 0 Å². The molecule has 17 N–H and O–H groups in total. The van der Waals surface area contributed by atoms with Gasteiger partial charge < -0.3 is 102 Å². The zero-order chi connectivity index (χ0) is 65.3. The number of unbranched alkanes of at least 4 members (excludes halogenated alkanes) is 2. The summed E-state index contributed by atoms with van der Waals surface area (Å²) in [5.41, 5.74) is 6.17. The quantitative estimate of drug-likeness (QED) is 0.0334. The molecule has 0 radical (unpaired) electrons. The number of nitrogens with two attached hydrogens (primary N) is 1. The maximum absolute atomic E-state index is 14.7. The molecule has 33 heteroatoms. The number of fused-ring (bicyclic) bond motifs is 2. The first-order chi connectivity index (χ1) is 42.0. The van der Waals surface area contributed by atoms with Crippen LogP contribution in [-0.4, -0.2) is 220 Å². The second-order valence-electron chi connectivity index (χ2n) is 21.9. The summed E-state index contributed by atoms with van der Waals surface area (Å²) in [6, 6.07) is 3.52. The van der Waals surface area contributed by atoms with Crippen molar-refractivity contribution >= 4 is 57.7 Å². The number of primary amides is 1. The molecule has 1 aromatic heterocycles. The lowest BCUT2D eigenvalue weighted by atomic mass is 9.96. The molecule has 32 nitrogen and oxygen atoms in total. The number of aromatic nitrogens is 1. The number of rotatable bonds is 18. The molecule has 3 saturated heterocycles. The Kier molecular flexibility index (Phi) is 22.4. The van der Waals surface area contributed by atoms with E-state index in [1.165, 1.54) is 31.2 Å². The Bertz CT molecular complexity index is 3340. The van der Waals surface area contributed by atoms with Gasteiger partial charge in [0, 0.05) is 54.6 Å². The van der Waals surface area contributed by atoms with Gasteiger partial charge in [0.25, 0.3) is 5.91 Å². The fraction of sp³-hybridized carbons (Fsp3) is 0.482. The number of hydrogen-bond donors (Lipinski definition) is 16. The maximum Gasteiger partial charge on any atom is 0.446 e. The number of benzene rings is 3. The summed E-state index contributed by atoms with van der Waals surface area (Å²) < 4.78 is 48.1. The Morgan fingerprint density at radius 1 is 0.787 bits per heavy atom. The number of phenols is 1. The predicted molar refractivity (Wildman–Crippen MR) is 304 cm³/mol. The molecule has 0 saturated carbocycles. The maximum atomic E-state index is 14.7. The van der Waals surface area contributed by atoms with Crippen LogP contribution in [0, 0.1) is 5.92 Å². The highest BCUT2D eigenvalue weighted by atomic mass is 32.3. The van der Waals surface area contributed by atoms with Crippen LogP contribution in [0.25, 0.3) is 22.6 Å². The topological polar surface area (TPSA) is 510 Å². The molecule has 0 aliphatic carbocycles. The first-order valence-corrected chi connectivity index (χ1v) is 29.5. The van der Waals surface area contributed by atoms with E-state index in [9.17, 15) is 97.3 Å². The Labute approximate surface area is 507 Å². The minimum absolute atomic E-state index is 0.107. The highest BCUT2D eigenvalue weighted by Crippen LogP contribution is 2.34. The number of amides is 8. The third kappa shape index (κ3) is 16.9. The van der Waals surface area contributed by atoms with E-state index in [1.807, 2.05) is 10.6 Å². The molecule has 484 valence electrons. The van der Waals surface area contributed by atoms with Crippen molar-refractivity contribution in [3.63, 3.8) is 0 Å². The summed E-state index contributed by atoms with van der Waals surface area (Å²) in [7, 11) is -5.35. The molecular formula is C56H71N9O23S. The van der Waals surface area contributed by atoms with Gasteiger partial charge in [-0.1, -0.05) is 50.0 Å². The van der Waals surface area contributed by atoms with E-state index < -0.39 is 198 Å². The highest BCUT2D eigenvalue weighted by Gasteiger charge is 2.51. The van der Waals surface area contributed by atoms with Gasteiger partial charge in [-0.25, -0.2) is 0 Å². The van der Waals surface area contributed by atoms with Crippen molar-refractivity contribution in [1.29, 1.82) is 0 Å². The van der Waals surface area contributed by atoms with Crippen LogP contribution in [0.15, 0.2) is 77.3 Å². The number of aliphatic hydroxyl groups excluding tert-OH is 8. The van der Waals surface area contributed by atoms with Gasteiger partial charge in [0.15, 0.2) is 23.5 Å². The zero-order valence-corrected chi connectivity index (χ0v) is 48.9. The van der Waals surface area contributed by atoms with Gasteiger partial charge in [-0.3, -0.25) is 42.9 Å². The number of nitrogens with zero attached hydrogens (tertiary/aromatic N) is 3. The average Bonchev–Trinajstić information content (AvgIpc) is 2.76. The fourth-order valence-corrected chi connectivity index (χ4v) is 10.7. The lowest BCUT2D eigenvalue weighted by Gasteiger charge is -2.34. The molecule has 0 bridgehead atoms. The van der Waals surface area contributed by atoms with Crippen LogP contribution in [0.1, 0.15) is 81.3 Å². The second kappa shape index (κ2) is 29.3. The Morgan fingerprint density at radius 3 is 2.07 bits per heavy atom. The van der Waals surface area contributed by atoms with Gasteiger partial charge in [0.2, 0.25) is 41.4 Å². The first kappa shape index (κ1) is 68.1. The van der Waals surface area contributed by atoms with Crippen molar-refractivity contribution in [3.05, 3.63) is 83.9 Å². The smallest absolute Gasteiger partial charge is 0.446 e. The highest BCUT2D eigenvalue weighted by molar-refractivity contribution is 7.81. The fourth-order valence-electron chi connectivity index (χ4n) is 10.3. The van der Waals surface area contributed by atoms with Crippen LogP contribution in [0.4, 0.5) is 0 Å². The van der Waals surface area contributed by atoms with Crippen molar-refractivity contribution in [3.8, 4) is 39.8 Å². The zero-order valence-electron chi connectivity index (χ0n) is 48.1. The van der Waals surface area contributed by atoms with Crippen LogP contribution >= 0.6 is 0 Å². The lowest BCUT2D eigenvalue weighted by molar-refractivity contribution is -0.149. The van der Waals surface area contributed by atoms with E-state index in [0.717, 1.165) is 32.3 Å². The molecule has 89 heavy (non-hydrogen) atoms. The van der Waals surface area contributed by atoms with Gasteiger partial charge in [-0.2, -0.15) is 8.42 Å². The van der Waals surface area contributed by atoms with Crippen LogP contribution in [0.3, 0.4) is 0 Å². The first-order valence-electron chi connectivity index (χ1n) is 28.1. The van der Waals surface area contributed by atoms with Crippen molar-refractivity contribution < 1.29 is 111 Å². The number of carbonyl (C=O) groups excluding carboxylic acids is 8. The number of aromatic hydroxyl groups is 1. The SMILES string of the molecule is CCCCCOc1ccc(-c2cc(-c3ccc(C(=O)NC4C[C@@H](O)[C@H](O)NC(=O)[C@H]5[C@H](O)[C@H](C)CN5C(=O)[C@@H]([C@@H](O)CC(N)=O)NC(=O)[C@@H](C(O)[C@@H](O)c5ccc(O)c(OS(=O)(=O)O)c5)NC(=O)[C@H]5C[C@H](O)CN5C(=O)[C@@H]([C@H](C)O)NC4=O)cc3)no2)cc1. The molecule has 2 unspecified atom stereocenters. The molecule has 4 aromatic rings. The van der Waals surface area contributed by atoms with Gasteiger partial charge in [0.05, 0.1) is 37.4 Å². The number of nitrogens with one attached hydrogen (secondary N) is 5. The third-order valence-corrected chi connectivity index (χ3v) is 15.6. The van der Waals surface area contributed by atoms with E-state index in [-0.39, 0.29) is 5.56 Å². The Hall–Kier alpha value is -8.38. The molecule has 7 rings (SSSR count). The Morgan fingerprint density at radius 2 is 1.43 bits per heavy atom. The average molecular weight is 1270 g/mol. The molecule has 3 aliphatic rings. The Balaban J connectivity index is 1.22. The summed E-state index contributed by atoms with van der Waals surface area (Å²) in [5, 5.41) is 116. The van der Waals surface area contributed by atoms with Crippen LogP contribution in [0.2, 0.25) is 0 Å². The standard InChI is InChI=1S/C56H71N9O23S/c1-4-5-6-17-86-32-14-11-28(12-15-32)39-21-33(63-87-39)27-7-9-29(10-8-27)49(75)58-34-20-38(70)52(78)62-54(80)45-46(72)25(2)23-65(45)56(82)43(37(69)22-41(57)71)60-53(79)44(48(74)47(73)30-13-16-36(68)40(18-30)88-89(83,84)85)61-51(77)35-19-31(67)24-64(35)55(81)42(26(3)66)59-50(34)76/h7-16,18,21,25-26,31,34-35,37-38,42-48,52,66-70,72-74,78H,4-6,17,19-20,22-24H2,1-3H3,(H2,57,71)(H,58,75)(H,59,76)(H,60,79)(H,61,77)(H,62,80)(H,83,84,85)/t25-,26+,31+,34?,35-,37+,38-,42-,43-,44-,45-,46-,47+,48?,52+/m1/s1. The number of carbonyl (C=O) groups is 8. The van der Waals surface area contributed by atoms with Crippen molar-refractivity contribution in [2.45, 2.75) is 145 Å². The van der Waals surface area contributed by atoms with E-state index in [1.54, 1.807) is 30.3 Å². The molecule has 3 fully saturated rings. The van der Waals surface area contributed by atoms with Crippen LogP contribution in [-0.2, 0) is 44.0 Å². The van der Waals surface area contributed by atoms with Crippen molar-refractivity contribution in [2.24, 2.45) is 11.7 Å². The molecule has 8 amide bonds. The summed E-state index contributed by atoms with van der Waals surface area (Å²) in [6.45, 7) is 3.74. The third-order valence-electron chi connectivity index (χ3n) is 15.2. The monoisotopic (exact) mass is 1270 g/mol. The van der Waals surface area contributed by atoms with Gasteiger partial charge >= 0.3 is 10.4 Å². The number of aliphatic hydroxyl groups is 8. The minimum atomic E-state index is -5.35. The van der Waals surface area contributed by atoms with Gasteiger partial charge in [-0.15, -0.1) is 0 Å². The van der Waals surface area contributed by atoms with E-state index in [2.05, 4.69) is 32.2 Å². The summed E-state index contributed by atoms with van der Waals surface area (Å²) in [6.07, 6.45) is -17.3. The molecule has 4 heterocycles. The summed E-state index contributed by atoms with van der Waals surface area (Å²) >= 11 is 0. The largest absolute Gasteiger partial charge is 0.504 e. The number of ether oxygens (including phenoxy) is 1. The van der Waals surface area contributed by atoms with Crippen LogP contribution in [0.5, 0.6) is 17.2 Å². The van der Waals surface area contributed by atoms with Crippen molar-refractivity contribution in [1.82, 2.24) is 41.5 Å². The predicted octanol–water partition coefficient (Wildman–Crippen LogP) is -3.90.